The van der Waals surface area contributed by atoms with Crippen LogP contribution in [0.3, 0.4) is 0 Å². The van der Waals surface area contributed by atoms with Gasteiger partial charge in [0.05, 0.1) is 11.3 Å². The molecule has 1 aliphatic carbocycles. The summed E-state index contributed by atoms with van der Waals surface area (Å²) in [6, 6.07) is 5.50. The summed E-state index contributed by atoms with van der Waals surface area (Å²) in [5.74, 6) is 6.36. The number of hydrogen-bond acceptors (Lipinski definition) is 5. The molecule has 3 atom stereocenters. The van der Waals surface area contributed by atoms with Gasteiger partial charge in [-0.3, -0.25) is 0 Å². The highest BCUT2D eigenvalue weighted by atomic mass is 35.5. The molecule has 0 saturated heterocycles. The van der Waals surface area contributed by atoms with Gasteiger partial charge >= 0.3 is 0 Å². The molecule has 140 valence electrons. The Morgan fingerprint density at radius 1 is 1.48 bits per heavy atom. The third-order valence-corrected chi connectivity index (χ3v) is 5.88. The molecule has 1 aliphatic rings. The average molecular weight is 404 g/mol. The Morgan fingerprint density at radius 2 is 2.33 bits per heavy atom. The first-order valence-corrected chi connectivity index (χ1v) is 10.0. The van der Waals surface area contributed by atoms with E-state index in [4.69, 9.17) is 21.8 Å². The molecule has 0 amide bonds. The van der Waals surface area contributed by atoms with Crippen molar-refractivity contribution < 1.29 is 8.81 Å². The second-order valence-electron chi connectivity index (χ2n) is 6.66. The molecule has 0 aliphatic heterocycles. The van der Waals surface area contributed by atoms with Gasteiger partial charge in [0.1, 0.15) is 22.6 Å². The Kier molecular flexibility index (Phi) is 5.09. The maximum Gasteiger partial charge on any atom is 0.177 e. The molecule has 3 aromatic heterocycles. The van der Waals surface area contributed by atoms with E-state index in [1.807, 2.05) is 11.4 Å². The number of nitrogens with zero attached hydrogens (tertiary/aromatic N) is 1. The number of nitrogens with one attached hydrogen (secondary N) is 1. The molecule has 3 aromatic rings. The van der Waals surface area contributed by atoms with E-state index in [-0.39, 0.29) is 12.0 Å². The van der Waals surface area contributed by atoms with Crippen molar-refractivity contribution in [2.24, 2.45) is 5.73 Å². The molecule has 1 saturated carbocycles. The summed E-state index contributed by atoms with van der Waals surface area (Å²) >= 11 is 7.92. The van der Waals surface area contributed by atoms with E-state index in [2.05, 4.69) is 28.2 Å². The molecule has 27 heavy (non-hydrogen) atoms. The van der Waals surface area contributed by atoms with Gasteiger partial charge in [-0.25, -0.2) is 9.37 Å². The van der Waals surface area contributed by atoms with Crippen molar-refractivity contribution in [3.05, 3.63) is 44.9 Å². The standard InChI is InChI=1S/C20H19ClFN3OS/c1-2-4-13-18-20(26-19(13)14-7-11(22)8-15(14)23)16(9-17(21)25-18)24-10-12-5-3-6-27-12/h3,5-6,9,11,14-15H,7-8,10,23H2,1H3,(H,24,25)/t11-,14+,15+/m1/s1. The van der Waals surface area contributed by atoms with Gasteiger partial charge in [-0.15, -0.1) is 17.3 Å². The fourth-order valence-electron chi connectivity index (χ4n) is 3.59. The van der Waals surface area contributed by atoms with E-state index < -0.39 is 6.17 Å². The molecule has 4 rings (SSSR count). The zero-order valence-electron chi connectivity index (χ0n) is 14.8. The van der Waals surface area contributed by atoms with Crippen LogP contribution in [0.5, 0.6) is 0 Å². The maximum absolute atomic E-state index is 13.9. The van der Waals surface area contributed by atoms with E-state index in [1.54, 1.807) is 24.3 Å². The zero-order valence-corrected chi connectivity index (χ0v) is 16.3. The second-order valence-corrected chi connectivity index (χ2v) is 8.08. The number of hydrogen-bond donors (Lipinski definition) is 2. The predicted octanol–water partition coefficient (Wildman–Crippen LogP) is 5.07. The third kappa shape index (κ3) is 3.55. The van der Waals surface area contributed by atoms with Crippen LogP contribution in [0.1, 0.15) is 41.9 Å². The predicted molar refractivity (Wildman–Crippen MR) is 108 cm³/mol. The Bertz CT molecular complexity index is 1020. The number of furan rings is 1. The van der Waals surface area contributed by atoms with Crippen LogP contribution in [-0.4, -0.2) is 17.2 Å². The van der Waals surface area contributed by atoms with Crippen LogP contribution in [0, 0.1) is 11.8 Å². The van der Waals surface area contributed by atoms with Gasteiger partial charge in [0.15, 0.2) is 5.58 Å². The summed E-state index contributed by atoms with van der Waals surface area (Å²) in [4.78, 5) is 5.62. The number of rotatable bonds is 4. The van der Waals surface area contributed by atoms with Gasteiger partial charge in [-0.1, -0.05) is 23.6 Å². The van der Waals surface area contributed by atoms with Crippen molar-refractivity contribution in [3.8, 4) is 11.8 Å². The molecule has 7 heteroatoms. The molecule has 3 heterocycles. The number of halogens is 2. The first-order valence-electron chi connectivity index (χ1n) is 8.78. The average Bonchev–Trinajstić information content (AvgIpc) is 3.33. The van der Waals surface area contributed by atoms with Crippen molar-refractivity contribution in [3.63, 3.8) is 0 Å². The summed E-state index contributed by atoms with van der Waals surface area (Å²) in [7, 11) is 0. The summed E-state index contributed by atoms with van der Waals surface area (Å²) in [5.41, 5.74) is 8.74. The van der Waals surface area contributed by atoms with Crippen molar-refractivity contribution in [1.29, 1.82) is 0 Å². The van der Waals surface area contributed by atoms with Crippen LogP contribution in [0.2, 0.25) is 5.15 Å². The van der Waals surface area contributed by atoms with Gasteiger partial charge in [0.25, 0.3) is 0 Å². The fraction of sp³-hybridized carbons (Fsp3) is 0.350. The monoisotopic (exact) mass is 403 g/mol. The summed E-state index contributed by atoms with van der Waals surface area (Å²) in [6.45, 7) is 2.39. The first kappa shape index (κ1) is 18.3. The van der Waals surface area contributed by atoms with Gasteiger partial charge < -0.3 is 15.5 Å². The number of fused-ring (bicyclic) bond motifs is 1. The topological polar surface area (TPSA) is 64.1 Å². The van der Waals surface area contributed by atoms with Crippen molar-refractivity contribution in [2.45, 2.75) is 44.4 Å². The lowest BCUT2D eigenvalue weighted by molar-refractivity contribution is 0.334. The minimum Gasteiger partial charge on any atom is -0.455 e. The maximum atomic E-state index is 13.9. The molecule has 0 spiro atoms. The van der Waals surface area contributed by atoms with E-state index >= 15 is 0 Å². The van der Waals surface area contributed by atoms with Crippen molar-refractivity contribution >= 4 is 39.7 Å². The van der Waals surface area contributed by atoms with Crippen molar-refractivity contribution in [1.82, 2.24) is 4.98 Å². The van der Waals surface area contributed by atoms with Crippen LogP contribution >= 0.6 is 22.9 Å². The van der Waals surface area contributed by atoms with Gasteiger partial charge in [0, 0.05) is 29.4 Å². The Morgan fingerprint density at radius 3 is 3.00 bits per heavy atom. The minimum absolute atomic E-state index is 0.214. The number of anilines is 1. The second kappa shape index (κ2) is 7.51. The Balaban J connectivity index is 1.80. The molecule has 3 N–H and O–H groups in total. The molecule has 0 radical (unpaired) electrons. The summed E-state index contributed by atoms with van der Waals surface area (Å²) in [6.07, 6.45) is -0.252. The summed E-state index contributed by atoms with van der Waals surface area (Å²) in [5, 5.41) is 5.74. The molecule has 0 unspecified atom stereocenters. The SMILES string of the molecule is CC#Cc1c([C@H]2C[C@@H](F)C[C@@H]2N)oc2c(NCc3cccs3)cc(Cl)nc12. The van der Waals surface area contributed by atoms with Crippen LogP contribution in [0.25, 0.3) is 11.1 Å². The van der Waals surface area contributed by atoms with Crippen LogP contribution in [-0.2, 0) is 6.54 Å². The molecule has 0 aromatic carbocycles. The largest absolute Gasteiger partial charge is 0.455 e. The van der Waals surface area contributed by atoms with Crippen LogP contribution < -0.4 is 11.1 Å². The smallest absolute Gasteiger partial charge is 0.177 e. The molecule has 0 bridgehead atoms. The molecular weight excluding hydrogens is 385 g/mol. The fourth-order valence-corrected chi connectivity index (χ4v) is 4.43. The summed E-state index contributed by atoms with van der Waals surface area (Å²) < 4.78 is 20.1. The normalized spacial score (nSPS) is 22.0. The molecule has 1 fully saturated rings. The van der Waals surface area contributed by atoms with E-state index in [0.717, 1.165) is 5.69 Å². The van der Waals surface area contributed by atoms with Crippen molar-refractivity contribution in [2.75, 3.05) is 5.32 Å². The van der Waals surface area contributed by atoms with E-state index in [0.29, 0.717) is 47.0 Å². The highest BCUT2D eigenvalue weighted by molar-refractivity contribution is 7.09. The Labute approximate surface area is 165 Å². The van der Waals surface area contributed by atoms with Crippen LogP contribution in [0.4, 0.5) is 10.1 Å². The first-order chi connectivity index (χ1) is 13.1. The van der Waals surface area contributed by atoms with Gasteiger partial charge in [0.2, 0.25) is 0 Å². The lowest BCUT2D eigenvalue weighted by Crippen LogP contribution is -2.23. The Hall–Kier alpha value is -2.07. The number of thiophene rings is 1. The molecule has 4 nitrogen and oxygen atoms in total. The zero-order chi connectivity index (χ0) is 19.0. The number of nitrogens with two attached hydrogens (primary N) is 1. The molecular formula is C20H19ClFN3OS. The quantitative estimate of drug-likeness (QED) is 0.471. The van der Waals surface area contributed by atoms with Gasteiger partial charge in [-0.2, -0.15) is 0 Å². The highest BCUT2D eigenvalue weighted by Crippen LogP contribution is 2.42. The lowest BCUT2D eigenvalue weighted by atomic mass is 9.97. The third-order valence-electron chi connectivity index (χ3n) is 4.81. The number of aromatic nitrogens is 1. The number of pyridine rings is 1. The van der Waals surface area contributed by atoms with Crippen LogP contribution in [0.15, 0.2) is 28.0 Å². The van der Waals surface area contributed by atoms with E-state index in [1.165, 1.54) is 4.88 Å². The van der Waals surface area contributed by atoms with Gasteiger partial charge in [-0.05, 0) is 31.2 Å². The minimum atomic E-state index is -0.923. The van der Waals surface area contributed by atoms with E-state index in [9.17, 15) is 4.39 Å². The highest BCUT2D eigenvalue weighted by Gasteiger charge is 2.37. The number of alkyl halides is 1. The lowest BCUT2D eigenvalue weighted by Gasteiger charge is -2.12.